The molecule has 2 rings (SSSR count). The van der Waals surface area contributed by atoms with E-state index in [1.165, 1.54) is 0 Å². The third kappa shape index (κ3) is 1.96. The molecule has 1 amide bonds. The van der Waals surface area contributed by atoms with Gasteiger partial charge in [-0.15, -0.1) is 0 Å². The fraction of sp³-hybridized carbons (Fsp3) is 0.636. The Labute approximate surface area is 89.1 Å². The van der Waals surface area contributed by atoms with E-state index in [1.54, 1.807) is 4.90 Å². The van der Waals surface area contributed by atoms with Crippen molar-refractivity contribution in [1.29, 1.82) is 5.26 Å². The number of nitrogens with zero attached hydrogens (tertiary/aromatic N) is 2. The second kappa shape index (κ2) is 3.93. The number of likely N-dealkylation sites (tertiary alicyclic amines) is 1. The minimum absolute atomic E-state index is 0.145. The molecule has 1 saturated heterocycles. The monoisotopic (exact) mass is 206 g/mol. The lowest BCUT2D eigenvalue weighted by atomic mass is 10.0. The predicted molar refractivity (Wildman–Crippen MR) is 53.3 cm³/mol. The molecule has 0 unspecified atom stereocenters. The zero-order valence-electron chi connectivity index (χ0n) is 8.77. The fourth-order valence-electron chi connectivity index (χ4n) is 2.11. The molecule has 0 spiro atoms. The van der Waals surface area contributed by atoms with Crippen LogP contribution >= 0.6 is 0 Å². The van der Waals surface area contributed by atoms with Crippen LogP contribution in [0.4, 0.5) is 0 Å². The fourth-order valence-corrected chi connectivity index (χ4v) is 2.11. The van der Waals surface area contributed by atoms with Gasteiger partial charge < -0.3 is 9.64 Å². The van der Waals surface area contributed by atoms with Gasteiger partial charge in [-0.25, -0.2) is 0 Å². The lowest BCUT2D eigenvalue weighted by Gasteiger charge is -2.32. The van der Waals surface area contributed by atoms with Gasteiger partial charge >= 0.3 is 0 Å². The van der Waals surface area contributed by atoms with Gasteiger partial charge in [0.1, 0.15) is 6.07 Å². The molecule has 0 radical (unpaired) electrons. The van der Waals surface area contributed by atoms with E-state index in [2.05, 4.69) is 0 Å². The van der Waals surface area contributed by atoms with Gasteiger partial charge in [0, 0.05) is 19.4 Å². The van der Waals surface area contributed by atoms with Crippen LogP contribution in [0.3, 0.4) is 0 Å². The summed E-state index contributed by atoms with van der Waals surface area (Å²) in [5, 5.41) is 8.79. The first-order chi connectivity index (χ1) is 7.20. The summed E-state index contributed by atoms with van der Waals surface area (Å²) in [6, 6.07) is 2.00. The van der Waals surface area contributed by atoms with Crippen LogP contribution in [-0.2, 0) is 9.53 Å². The minimum Gasteiger partial charge on any atom is -0.460 e. The van der Waals surface area contributed by atoms with Gasteiger partial charge in [-0.2, -0.15) is 5.26 Å². The number of carbonyl (C=O) groups excluding carboxylic acids is 1. The van der Waals surface area contributed by atoms with E-state index >= 15 is 0 Å². The molecule has 80 valence electrons. The first-order valence-electron chi connectivity index (χ1n) is 5.28. The summed E-state index contributed by atoms with van der Waals surface area (Å²) in [6.45, 7) is 2.79. The quantitative estimate of drug-likeness (QED) is 0.651. The van der Waals surface area contributed by atoms with Crippen LogP contribution < -0.4 is 0 Å². The van der Waals surface area contributed by atoms with E-state index in [9.17, 15) is 4.79 Å². The average molecular weight is 206 g/mol. The van der Waals surface area contributed by atoms with Crippen LogP contribution in [0.2, 0.25) is 0 Å². The Morgan fingerprint density at radius 1 is 1.67 bits per heavy atom. The molecule has 4 nitrogen and oxygen atoms in total. The molecule has 15 heavy (non-hydrogen) atoms. The molecule has 0 aliphatic carbocycles. The van der Waals surface area contributed by atoms with Gasteiger partial charge in [0.25, 0.3) is 0 Å². The van der Waals surface area contributed by atoms with Crippen molar-refractivity contribution in [2.24, 2.45) is 5.92 Å². The zero-order chi connectivity index (χ0) is 10.8. The molecule has 2 aliphatic heterocycles. The molecule has 0 saturated carbocycles. The van der Waals surface area contributed by atoms with Crippen molar-refractivity contribution in [2.75, 3.05) is 6.54 Å². The molecule has 1 fully saturated rings. The second-order valence-electron chi connectivity index (χ2n) is 4.12. The number of hydrogen-bond acceptors (Lipinski definition) is 3. The number of ether oxygens (including phenoxy) is 1. The summed E-state index contributed by atoms with van der Waals surface area (Å²) in [6.07, 6.45) is 3.89. The maximum absolute atomic E-state index is 11.5. The van der Waals surface area contributed by atoms with Gasteiger partial charge in [0.05, 0.1) is 0 Å². The van der Waals surface area contributed by atoms with Crippen molar-refractivity contribution in [1.82, 2.24) is 4.90 Å². The molecule has 0 aromatic carbocycles. The Morgan fingerprint density at radius 2 is 2.47 bits per heavy atom. The molecular weight excluding hydrogens is 192 g/mol. The van der Waals surface area contributed by atoms with E-state index in [4.69, 9.17) is 10.00 Å². The predicted octanol–water partition coefficient (Wildman–Crippen LogP) is 1.40. The van der Waals surface area contributed by atoms with Gasteiger partial charge in [0.15, 0.2) is 12.0 Å². The largest absolute Gasteiger partial charge is 0.460 e. The standard InChI is InChI=1S/C11H14N2O2/c1-8-5-9(7-12)15-11(6-8)13-4-2-3-10(13)14/h5,8,11H,2-4,6H2,1H3/t8-,11-/m0/s1. The van der Waals surface area contributed by atoms with Crippen molar-refractivity contribution in [3.63, 3.8) is 0 Å². The van der Waals surface area contributed by atoms with Gasteiger partial charge in [0.2, 0.25) is 5.91 Å². The highest BCUT2D eigenvalue weighted by Gasteiger charge is 2.32. The van der Waals surface area contributed by atoms with E-state index in [1.807, 2.05) is 19.1 Å². The van der Waals surface area contributed by atoms with Crippen molar-refractivity contribution in [3.05, 3.63) is 11.8 Å². The summed E-state index contributed by atoms with van der Waals surface area (Å²) in [5.74, 6) is 0.789. The van der Waals surface area contributed by atoms with Crippen LogP contribution in [0.1, 0.15) is 26.2 Å². The second-order valence-corrected chi connectivity index (χ2v) is 4.12. The summed E-state index contributed by atoms with van der Waals surface area (Å²) in [5.41, 5.74) is 0. The van der Waals surface area contributed by atoms with Crippen LogP contribution in [0.25, 0.3) is 0 Å². The van der Waals surface area contributed by atoms with Gasteiger partial charge in [-0.1, -0.05) is 6.92 Å². The highest BCUT2D eigenvalue weighted by atomic mass is 16.5. The van der Waals surface area contributed by atoms with Crippen LogP contribution in [0.5, 0.6) is 0 Å². The topological polar surface area (TPSA) is 53.3 Å². The van der Waals surface area contributed by atoms with E-state index in [-0.39, 0.29) is 12.1 Å². The van der Waals surface area contributed by atoms with Crippen LogP contribution in [-0.4, -0.2) is 23.6 Å². The Balaban J connectivity index is 2.09. The highest BCUT2D eigenvalue weighted by molar-refractivity contribution is 5.78. The Hall–Kier alpha value is -1.50. The molecule has 2 heterocycles. The average Bonchev–Trinajstić information content (AvgIpc) is 2.63. The number of carbonyl (C=O) groups is 1. The number of hydrogen-bond donors (Lipinski definition) is 0. The van der Waals surface area contributed by atoms with Crippen LogP contribution in [0, 0.1) is 17.2 Å². The first kappa shape index (κ1) is 10.0. The lowest BCUT2D eigenvalue weighted by molar-refractivity contribution is -0.139. The van der Waals surface area contributed by atoms with E-state index in [0.29, 0.717) is 18.1 Å². The Bertz CT molecular complexity index is 343. The molecular formula is C11H14N2O2. The Kier molecular flexibility index (Phi) is 2.63. The maximum Gasteiger partial charge on any atom is 0.225 e. The van der Waals surface area contributed by atoms with Crippen LogP contribution in [0.15, 0.2) is 11.8 Å². The summed E-state index contributed by atoms with van der Waals surface area (Å²) < 4.78 is 5.47. The highest BCUT2D eigenvalue weighted by Crippen LogP contribution is 2.26. The molecule has 4 heteroatoms. The van der Waals surface area contributed by atoms with Crippen molar-refractivity contribution in [3.8, 4) is 6.07 Å². The SMILES string of the molecule is C[C@H]1C=C(C#N)O[C@H](N2CCCC2=O)C1. The summed E-state index contributed by atoms with van der Waals surface area (Å²) >= 11 is 0. The van der Waals surface area contributed by atoms with Crippen molar-refractivity contribution < 1.29 is 9.53 Å². The number of amides is 1. The third-order valence-electron chi connectivity index (χ3n) is 2.84. The molecule has 2 aliphatic rings. The smallest absolute Gasteiger partial charge is 0.225 e. The minimum atomic E-state index is -0.227. The van der Waals surface area contributed by atoms with Crippen molar-refractivity contribution in [2.45, 2.75) is 32.4 Å². The summed E-state index contributed by atoms with van der Waals surface area (Å²) in [7, 11) is 0. The third-order valence-corrected chi connectivity index (χ3v) is 2.84. The maximum atomic E-state index is 11.5. The first-order valence-corrected chi connectivity index (χ1v) is 5.28. The number of allylic oxidation sites excluding steroid dienone is 2. The normalized spacial score (nSPS) is 30.8. The molecule has 0 aromatic rings. The molecule has 0 N–H and O–H groups in total. The zero-order valence-corrected chi connectivity index (χ0v) is 8.77. The van der Waals surface area contributed by atoms with E-state index < -0.39 is 0 Å². The molecule has 2 atom stereocenters. The summed E-state index contributed by atoms with van der Waals surface area (Å²) in [4.78, 5) is 13.3. The van der Waals surface area contributed by atoms with Crippen molar-refractivity contribution >= 4 is 5.91 Å². The van der Waals surface area contributed by atoms with Gasteiger partial charge in [-0.05, 0) is 18.4 Å². The number of rotatable bonds is 1. The molecule has 0 aromatic heterocycles. The number of nitriles is 1. The van der Waals surface area contributed by atoms with Gasteiger partial charge in [-0.3, -0.25) is 4.79 Å². The molecule has 0 bridgehead atoms. The van der Waals surface area contributed by atoms with E-state index in [0.717, 1.165) is 19.4 Å². The lowest BCUT2D eigenvalue weighted by Crippen LogP contribution is -2.40. The Morgan fingerprint density at radius 3 is 3.07 bits per heavy atom.